The molecule has 6 heteroatoms. The van der Waals surface area contributed by atoms with Crippen LogP contribution in [0, 0.1) is 109 Å². The van der Waals surface area contributed by atoms with Crippen molar-refractivity contribution in [3.05, 3.63) is 0 Å². The maximum absolute atomic E-state index is 5.03. The maximum atomic E-state index is 5.03. The molecule has 0 saturated heterocycles. The van der Waals surface area contributed by atoms with Gasteiger partial charge in [0.25, 0.3) is 0 Å². The molecule has 0 spiro atoms. The van der Waals surface area contributed by atoms with E-state index in [4.69, 9.17) is 20.4 Å². The van der Waals surface area contributed by atoms with Gasteiger partial charge in [0.1, 0.15) is 0 Å². The Morgan fingerprint density at radius 3 is 1.00 bits per heavy atom. The molecule has 0 atom stereocenters. The molecule has 0 rings (SSSR count). The first kappa shape index (κ1) is 17.1. The Morgan fingerprint density at radius 2 is 1.00 bits per heavy atom. The van der Waals surface area contributed by atoms with Gasteiger partial charge in [-0.2, -0.15) is 0 Å². The van der Waals surface area contributed by atoms with Crippen LogP contribution in [0.5, 0.6) is 0 Å². The van der Waals surface area contributed by atoms with E-state index in [1.165, 1.54) is 0 Å². The molecule has 0 aromatic rings. The Balaban J connectivity index is -0.0000000450. The van der Waals surface area contributed by atoms with E-state index < -0.39 is 25.7 Å². The molecule has 0 bridgehead atoms. The summed E-state index contributed by atoms with van der Waals surface area (Å²) in [5.74, 6) is 0. The summed E-state index contributed by atoms with van der Waals surface area (Å²) in [5, 5.41) is 0. The predicted octanol–water partition coefficient (Wildman–Crippen LogP) is 2.07. The Morgan fingerprint density at radius 1 is 1.00 bits per heavy atom. The smallest absolute Gasteiger partial charge is 0 e. The summed E-state index contributed by atoms with van der Waals surface area (Å²) in [5.41, 5.74) is 0. The molecule has 0 fully saturated rings. The SMILES string of the molecule is [Ce].[Cl][La]([Cl])[Cl].[Pr]. The summed E-state index contributed by atoms with van der Waals surface area (Å²) >= 11 is -2.31. The fourth-order valence-electron chi connectivity index (χ4n) is 0. The van der Waals surface area contributed by atoms with Crippen molar-refractivity contribution in [1.82, 2.24) is 0 Å². The average molecular weight is 526 g/mol. The van der Waals surface area contributed by atoms with E-state index in [1.54, 1.807) is 0 Å². The van der Waals surface area contributed by atoms with Gasteiger partial charge in [-0.25, -0.2) is 0 Å². The first-order chi connectivity index (χ1) is 1.73. The van der Waals surface area contributed by atoms with Gasteiger partial charge < -0.3 is 0 Å². The second kappa shape index (κ2) is 12.5. The van der Waals surface area contributed by atoms with Crippen molar-refractivity contribution in [3.8, 4) is 0 Å². The summed E-state index contributed by atoms with van der Waals surface area (Å²) in [6.07, 6.45) is 0. The molecule has 0 saturated carbocycles. The molecule has 0 N–H and O–H groups in total. The molecule has 0 aromatic carbocycles. The van der Waals surface area contributed by atoms with E-state index in [1.807, 2.05) is 0 Å². The van der Waals surface area contributed by atoms with Crippen LogP contribution in [-0.4, -0.2) is 0 Å². The summed E-state index contributed by atoms with van der Waals surface area (Å²) in [7, 11) is 0. The van der Waals surface area contributed by atoms with Crippen molar-refractivity contribution in [2.24, 2.45) is 0 Å². The minimum Gasteiger partial charge on any atom is 0 e. The van der Waals surface area contributed by atoms with Crippen molar-refractivity contribution >= 4 is 20.4 Å². The fourth-order valence-corrected chi connectivity index (χ4v) is 0. The predicted molar refractivity (Wildman–Crippen MR) is 17.6 cm³/mol. The second-order valence-electron chi connectivity index (χ2n) is 0.247. The molecule has 0 unspecified atom stereocenters. The standard InChI is InChI=1S/Ce.3ClH.La.Pr/h;3*1H;;/q;;;;+3;/p-3. The summed E-state index contributed by atoms with van der Waals surface area (Å²) in [6.45, 7) is 15.1. The molecule has 0 aliphatic rings. The Labute approximate surface area is 124 Å². The Kier molecular flexibility index (Phi) is 35.5. The normalized spacial score (nSPS) is 4.50. The molecular weight excluding hydrogens is 526 g/mol. The molecule has 0 heterocycles. The molecule has 6 heavy (non-hydrogen) atoms. The number of hydrogen-bond acceptors (Lipinski definition) is 0. The molecule has 0 aliphatic carbocycles. The number of rotatable bonds is 0. The zero-order chi connectivity index (χ0) is 3.58. The molecule has 0 aromatic heterocycles. The van der Waals surface area contributed by atoms with Gasteiger partial charge in [-0.3, -0.25) is 0 Å². The van der Waals surface area contributed by atoms with Gasteiger partial charge in [0.05, 0.1) is 0 Å². The van der Waals surface area contributed by atoms with Gasteiger partial charge in [-0.15, -0.1) is 0 Å². The van der Waals surface area contributed by atoms with Crippen molar-refractivity contribution in [3.63, 3.8) is 0 Å². The van der Waals surface area contributed by atoms with Crippen LogP contribution >= 0.6 is 20.4 Å². The topological polar surface area (TPSA) is 0 Å². The van der Waals surface area contributed by atoms with Crippen LogP contribution in [0.15, 0.2) is 0 Å². The molecule has 31 valence electrons. The van der Waals surface area contributed by atoms with Crippen LogP contribution in [0.4, 0.5) is 0 Å². The average Bonchev–Trinajstić information content (AvgIpc) is 0.811. The van der Waals surface area contributed by atoms with E-state index in [-0.39, 0.29) is 83.0 Å². The third-order valence-corrected chi connectivity index (χ3v) is 0. The van der Waals surface area contributed by atoms with Gasteiger partial charge in [0.2, 0.25) is 0 Å². The second-order valence-corrected chi connectivity index (χ2v) is 16.2. The van der Waals surface area contributed by atoms with E-state index >= 15 is 0 Å². The van der Waals surface area contributed by atoms with Crippen LogP contribution in [0.25, 0.3) is 0 Å². The summed E-state index contributed by atoms with van der Waals surface area (Å²) < 4.78 is 0. The molecule has 0 nitrogen and oxygen atoms in total. The molecule has 0 aliphatic heterocycles. The number of halogens is 3. The fraction of sp³-hybridized carbons (Fsp3) is 0. The van der Waals surface area contributed by atoms with Gasteiger partial charge >= 0.3 is 46.0 Å². The van der Waals surface area contributed by atoms with Gasteiger partial charge in [0, 0.05) is 83.0 Å². The van der Waals surface area contributed by atoms with Crippen LogP contribution in [0.1, 0.15) is 0 Å². The maximum Gasteiger partial charge on any atom is 0 e. The molecular formula is CeCl3LaPr. The minimum atomic E-state index is -2.31. The Bertz CT molecular complexity index is 15.5. The van der Waals surface area contributed by atoms with Crippen LogP contribution < -0.4 is 0 Å². The molecule has 0 amide bonds. The van der Waals surface area contributed by atoms with E-state index in [9.17, 15) is 0 Å². The van der Waals surface area contributed by atoms with Crippen molar-refractivity contribution in [1.29, 1.82) is 0 Å². The summed E-state index contributed by atoms with van der Waals surface area (Å²) in [6, 6.07) is 0. The van der Waals surface area contributed by atoms with Crippen molar-refractivity contribution < 1.29 is 109 Å². The quantitative estimate of drug-likeness (QED) is 0.454. The van der Waals surface area contributed by atoms with Gasteiger partial charge in [-0.1, -0.05) is 0 Å². The summed E-state index contributed by atoms with van der Waals surface area (Å²) in [4.78, 5) is 0. The Hall–Kier alpha value is 4.81. The van der Waals surface area contributed by atoms with Crippen LogP contribution in [0.2, 0.25) is 0 Å². The van der Waals surface area contributed by atoms with Crippen molar-refractivity contribution in [2.75, 3.05) is 0 Å². The van der Waals surface area contributed by atoms with Gasteiger partial charge in [-0.05, 0) is 0 Å². The minimum absolute atomic E-state index is 0. The largest absolute Gasteiger partial charge is 0 e. The monoisotopic (exact) mass is 525 g/mol. The first-order valence-corrected chi connectivity index (χ1v) is 14.3. The zero-order valence-electron chi connectivity index (χ0n) is 2.79. The van der Waals surface area contributed by atoms with Crippen LogP contribution in [0.3, 0.4) is 0 Å². The van der Waals surface area contributed by atoms with E-state index in [0.717, 1.165) is 0 Å². The van der Waals surface area contributed by atoms with Crippen molar-refractivity contribution in [2.45, 2.75) is 0 Å². The molecule has 1 radical (unpaired) electrons. The van der Waals surface area contributed by atoms with E-state index in [2.05, 4.69) is 0 Å². The third kappa shape index (κ3) is 23.2. The number of hydrogen-bond donors (Lipinski definition) is 0. The van der Waals surface area contributed by atoms with Gasteiger partial charge in [0.15, 0.2) is 0 Å². The van der Waals surface area contributed by atoms with Crippen LogP contribution in [-0.2, 0) is 0 Å². The third-order valence-electron chi connectivity index (χ3n) is 0. The zero-order valence-corrected chi connectivity index (χ0v) is 15.5. The van der Waals surface area contributed by atoms with E-state index in [0.29, 0.717) is 0 Å². The first-order valence-electron chi connectivity index (χ1n) is 0.655.